The van der Waals surface area contributed by atoms with Gasteiger partial charge in [-0.05, 0) is 6.07 Å². The fourth-order valence-corrected chi connectivity index (χ4v) is 4.33. The lowest BCUT2D eigenvalue weighted by atomic mass is 9.79. The molecule has 25 heavy (non-hydrogen) atoms. The van der Waals surface area contributed by atoms with Gasteiger partial charge in [0.25, 0.3) is 5.69 Å². The molecule has 3 atom stereocenters. The highest BCUT2D eigenvalue weighted by molar-refractivity contribution is 8.13. The topological polar surface area (TPSA) is 114 Å². The van der Waals surface area contributed by atoms with Crippen LogP contribution in [0.2, 0.25) is 0 Å². The van der Waals surface area contributed by atoms with Crippen LogP contribution in [0, 0.1) is 21.8 Å². The Morgan fingerprint density at radius 1 is 1.60 bits per heavy atom. The normalized spacial score (nSPS) is 28.2. The predicted octanol–water partition coefficient (Wildman–Crippen LogP) is 2.28. The molecule has 1 aromatic carbocycles. The summed E-state index contributed by atoms with van der Waals surface area (Å²) in [5.74, 6) is -1.10. The Morgan fingerprint density at radius 2 is 2.36 bits per heavy atom. The van der Waals surface area contributed by atoms with Crippen molar-refractivity contribution in [3.05, 3.63) is 39.7 Å². The van der Waals surface area contributed by atoms with E-state index in [-0.39, 0.29) is 28.8 Å². The molecule has 0 bridgehead atoms. The Morgan fingerprint density at radius 3 is 3.00 bits per heavy atom. The second-order valence-corrected chi connectivity index (χ2v) is 6.62. The number of carbonyl (C=O) groups is 1. The summed E-state index contributed by atoms with van der Waals surface area (Å²) in [4.78, 5) is 25.5. The minimum absolute atomic E-state index is 0.0118. The zero-order chi connectivity index (χ0) is 18.2. The van der Waals surface area contributed by atoms with Gasteiger partial charge in [-0.2, -0.15) is 0 Å². The zero-order valence-corrected chi connectivity index (χ0v) is 13.5. The van der Waals surface area contributed by atoms with Gasteiger partial charge in [-0.25, -0.2) is 18.6 Å². The number of hydrogen-bond donors (Lipinski definition) is 2. The molecule has 2 N–H and O–H groups in total. The number of nitro benzene ring substituents is 1. The lowest BCUT2D eigenvalue weighted by Crippen LogP contribution is -2.44. The van der Waals surface area contributed by atoms with E-state index >= 15 is 0 Å². The molecule has 1 saturated heterocycles. The third-order valence-corrected chi connectivity index (χ3v) is 5.27. The number of carboxylic acid groups (broad SMARTS) is 1. The first kappa shape index (κ1) is 17.5. The van der Waals surface area contributed by atoms with E-state index in [9.17, 15) is 23.7 Å². The molecule has 2 heterocycles. The van der Waals surface area contributed by atoms with E-state index in [2.05, 4.69) is 10.3 Å². The van der Waals surface area contributed by atoms with Gasteiger partial charge in [-0.1, -0.05) is 11.8 Å². The predicted molar refractivity (Wildman–Crippen MR) is 85.0 cm³/mol. The Hall–Kier alpha value is -2.27. The molecule has 0 spiro atoms. The highest BCUT2D eigenvalue weighted by Gasteiger charge is 2.54. The quantitative estimate of drug-likeness (QED) is 0.621. The number of ether oxygens (including phenoxy) is 1. The summed E-state index contributed by atoms with van der Waals surface area (Å²) in [6.45, 7) is -1.02. The summed E-state index contributed by atoms with van der Waals surface area (Å²) in [6, 6.07) is 3.01. The number of amides is 1. The van der Waals surface area contributed by atoms with Crippen LogP contribution in [0.4, 0.5) is 19.3 Å². The highest BCUT2D eigenvalue weighted by Crippen LogP contribution is 2.48. The Labute approximate surface area is 144 Å². The summed E-state index contributed by atoms with van der Waals surface area (Å²) in [5.41, 5.74) is -1.86. The maximum Gasteiger partial charge on any atom is 0.410 e. The summed E-state index contributed by atoms with van der Waals surface area (Å²) in [6.07, 6.45) is -2.19. The van der Waals surface area contributed by atoms with E-state index in [1.807, 2.05) is 0 Å². The van der Waals surface area contributed by atoms with E-state index in [1.54, 1.807) is 0 Å². The first-order chi connectivity index (χ1) is 11.9. The number of aliphatic imine (C=N–C) groups is 1. The Kier molecular flexibility index (Phi) is 4.60. The van der Waals surface area contributed by atoms with Crippen molar-refractivity contribution in [2.75, 3.05) is 19.0 Å². The first-order valence-electron chi connectivity index (χ1n) is 7.22. The van der Waals surface area contributed by atoms with Crippen molar-refractivity contribution in [2.24, 2.45) is 10.9 Å². The van der Waals surface area contributed by atoms with E-state index in [1.165, 1.54) is 0 Å². The van der Waals surface area contributed by atoms with Crippen molar-refractivity contribution < 1.29 is 28.3 Å². The van der Waals surface area contributed by atoms with Crippen molar-refractivity contribution in [3.63, 3.8) is 0 Å². The van der Waals surface area contributed by atoms with Crippen LogP contribution >= 0.6 is 11.8 Å². The van der Waals surface area contributed by atoms with Crippen molar-refractivity contribution in [2.45, 2.75) is 11.6 Å². The number of hydrogen-bond acceptors (Lipinski definition) is 6. The van der Waals surface area contributed by atoms with Crippen LogP contribution in [0.5, 0.6) is 0 Å². The lowest BCUT2D eigenvalue weighted by Gasteiger charge is -2.35. The number of non-ortho nitro benzene ring substituents is 1. The number of nitrogens with zero attached hydrogens (tertiary/aromatic N) is 2. The molecule has 0 aliphatic carbocycles. The van der Waals surface area contributed by atoms with E-state index in [0.29, 0.717) is 0 Å². The number of amidine groups is 1. The molecular weight excluding hydrogens is 360 g/mol. The van der Waals surface area contributed by atoms with Gasteiger partial charge in [-0.15, -0.1) is 0 Å². The number of rotatable bonds is 3. The van der Waals surface area contributed by atoms with Gasteiger partial charge >= 0.3 is 6.09 Å². The number of halogens is 2. The second-order valence-electron chi connectivity index (χ2n) is 5.61. The first-order valence-corrected chi connectivity index (χ1v) is 8.20. The summed E-state index contributed by atoms with van der Waals surface area (Å²) < 4.78 is 33.2. The van der Waals surface area contributed by atoms with Crippen LogP contribution in [0.3, 0.4) is 0 Å². The molecular formula is C14H13F2N3O5S. The summed E-state index contributed by atoms with van der Waals surface area (Å²) in [5, 5.41) is 22.0. The number of benzene rings is 1. The fraction of sp³-hybridized carbons (Fsp3) is 0.429. The maximum absolute atomic E-state index is 14.5. The minimum atomic E-state index is -1.42. The van der Waals surface area contributed by atoms with Crippen molar-refractivity contribution in [1.29, 1.82) is 0 Å². The summed E-state index contributed by atoms with van der Waals surface area (Å²) >= 11 is 1.05. The van der Waals surface area contributed by atoms with Gasteiger partial charge < -0.3 is 9.84 Å². The van der Waals surface area contributed by atoms with Gasteiger partial charge in [-0.3, -0.25) is 15.4 Å². The molecule has 0 unspecified atom stereocenters. The summed E-state index contributed by atoms with van der Waals surface area (Å²) in [7, 11) is 0. The largest absolute Gasteiger partial charge is 0.465 e. The third kappa shape index (κ3) is 3.04. The van der Waals surface area contributed by atoms with Gasteiger partial charge in [0.1, 0.15) is 18.0 Å². The number of alkyl halides is 1. The zero-order valence-electron chi connectivity index (χ0n) is 12.6. The van der Waals surface area contributed by atoms with Gasteiger partial charge in [0.15, 0.2) is 5.17 Å². The molecule has 3 rings (SSSR count). The smallest absolute Gasteiger partial charge is 0.410 e. The molecule has 134 valence electrons. The second kappa shape index (κ2) is 6.56. The highest BCUT2D eigenvalue weighted by atomic mass is 32.2. The molecule has 0 aromatic heterocycles. The van der Waals surface area contributed by atoms with Crippen molar-refractivity contribution >= 4 is 28.7 Å². The number of nitro groups is 1. The van der Waals surface area contributed by atoms with Crippen molar-refractivity contribution in [3.8, 4) is 0 Å². The molecule has 2 aliphatic heterocycles. The van der Waals surface area contributed by atoms with Gasteiger partial charge in [0.2, 0.25) is 0 Å². The molecule has 2 aliphatic rings. The van der Waals surface area contributed by atoms with Crippen LogP contribution < -0.4 is 5.32 Å². The Bertz CT molecular complexity index is 762. The average molecular weight is 373 g/mol. The van der Waals surface area contributed by atoms with Crippen LogP contribution in [0.15, 0.2) is 23.2 Å². The van der Waals surface area contributed by atoms with Crippen LogP contribution in [0.25, 0.3) is 0 Å². The number of fused-ring (bicyclic) bond motifs is 1. The molecule has 8 nitrogen and oxygen atoms in total. The molecule has 0 saturated carbocycles. The van der Waals surface area contributed by atoms with E-state index < -0.39 is 41.1 Å². The minimum Gasteiger partial charge on any atom is -0.465 e. The Balaban J connectivity index is 2.14. The maximum atomic E-state index is 14.5. The molecule has 0 radical (unpaired) electrons. The van der Waals surface area contributed by atoms with E-state index in [4.69, 9.17) is 9.84 Å². The molecule has 1 fully saturated rings. The van der Waals surface area contributed by atoms with Gasteiger partial charge in [0, 0.05) is 29.4 Å². The average Bonchev–Trinajstić information content (AvgIpc) is 2.93. The monoisotopic (exact) mass is 373 g/mol. The lowest BCUT2D eigenvalue weighted by molar-refractivity contribution is -0.385. The fourth-order valence-electron chi connectivity index (χ4n) is 3.11. The number of thioether (sulfide) groups is 1. The van der Waals surface area contributed by atoms with Crippen LogP contribution in [-0.2, 0) is 10.3 Å². The SMILES string of the molecule is O=C(O)NC1=N[C@@]2(c3cc([N+](=O)[O-])ccc3F)CO[C@H](CF)[C@H]2CS1. The van der Waals surface area contributed by atoms with E-state index in [0.717, 1.165) is 30.0 Å². The molecule has 1 aromatic rings. The standard InChI is InChI=1S/C14H13F2N3O5S/c15-4-11-9-5-25-12(17-13(20)21)18-14(9,6-24-11)8-3-7(19(22)23)1-2-10(8)16/h1-3,9,11H,4-6H2,(H,17,18)(H,20,21)/t9-,11-,14-/m1/s1. The van der Waals surface area contributed by atoms with Crippen LogP contribution in [-0.4, -0.2) is 46.4 Å². The van der Waals surface area contributed by atoms with Crippen LogP contribution in [0.1, 0.15) is 5.56 Å². The third-order valence-electron chi connectivity index (χ3n) is 4.27. The molecule has 1 amide bonds. The number of nitrogens with one attached hydrogen (secondary N) is 1. The van der Waals surface area contributed by atoms with Crippen molar-refractivity contribution in [1.82, 2.24) is 5.32 Å². The molecule has 11 heteroatoms. The van der Waals surface area contributed by atoms with Gasteiger partial charge in [0.05, 0.1) is 17.6 Å².